The van der Waals surface area contributed by atoms with Gasteiger partial charge in [0.25, 0.3) is 0 Å². The number of rotatable bonds is 5. The first-order valence-electron chi connectivity index (χ1n) is 6.06. The second-order valence-electron chi connectivity index (χ2n) is 4.45. The minimum absolute atomic E-state index is 0.0179. The third-order valence-corrected chi connectivity index (χ3v) is 4.20. The molecule has 6 nitrogen and oxygen atoms in total. The molecule has 7 heteroatoms. The number of hydrogen-bond donors (Lipinski definition) is 1. The highest BCUT2D eigenvalue weighted by Gasteiger charge is 2.23. The molecule has 20 heavy (non-hydrogen) atoms. The van der Waals surface area contributed by atoms with Gasteiger partial charge in [0.2, 0.25) is 0 Å². The molecule has 1 N–H and O–H groups in total. The first-order chi connectivity index (χ1) is 9.49. The lowest BCUT2D eigenvalue weighted by Gasteiger charge is -2.15. The fraction of sp³-hybridized carbons (Fsp3) is 0.308. The fourth-order valence-corrected chi connectivity index (χ4v) is 2.83. The van der Waals surface area contributed by atoms with Gasteiger partial charge in [0.05, 0.1) is 23.3 Å². The van der Waals surface area contributed by atoms with Crippen LogP contribution in [0.2, 0.25) is 0 Å². The lowest BCUT2D eigenvalue weighted by Crippen LogP contribution is -2.16. The number of thiophene rings is 1. The molecule has 1 atom stereocenters. The summed E-state index contributed by atoms with van der Waals surface area (Å²) in [5, 5.41) is 21.2. The van der Waals surface area contributed by atoms with E-state index in [0.29, 0.717) is 16.4 Å². The largest absolute Gasteiger partial charge is 0.388 e. The van der Waals surface area contributed by atoms with Crippen molar-refractivity contribution in [3.8, 4) is 0 Å². The number of hydrogen-bond acceptors (Lipinski definition) is 6. The number of nitrogens with zero attached hydrogens (tertiary/aromatic N) is 3. The molecule has 0 aliphatic carbocycles. The van der Waals surface area contributed by atoms with Crippen molar-refractivity contribution in [1.29, 1.82) is 0 Å². The van der Waals surface area contributed by atoms with Gasteiger partial charge in [-0.15, -0.1) is 11.3 Å². The summed E-state index contributed by atoms with van der Waals surface area (Å²) in [6.07, 6.45) is 0.975. The van der Waals surface area contributed by atoms with Crippen LogP contribution in [-0.4, -0.2) is 22.1 Å². The lowest BCUT2D eigenvalue weighted by molar-refractivity contribution is -0.383. The van der Waals surface area contributed by atoms with Crippen LogP contribution in [0.4, 0.5) is 10.7 Å². The maximum atomic E-state index is 11.1. The minimum Gasteiger partial charge on any atom is -0.388 e. The minimum atomic E-state index is -0.712. The van der Waals surface area contributed by atoms with Crippen molar-refractivity contribution in [3.63, 3.8) is 0 Å². The molecule has 0 spiro atoms. The second kappa shape index (κ2) is 5.98. The zero-order chi connectivity index (χ0) is 14.7. The Morgan fingerprint density at radius 2 is 2.30 bits per heavy atom. The molecule has 0 unspecified atom stereocenters. The molecule has 2 aromatic rings. The molecule has 0 radical (unpaired) electrons. The first-order valence-corrected chi connectivity index (χ1v) is 6.88. The zero-order valence-electron chi connectivity index (χ0n) is 11.2. The molecule has 0 saturated heterocycles. The van der Waals surface area contributed by atoms with Crippen LogP contribution in [0.15, 0.2) is 30.5 Å². The van der Waals surface area contributed by atoms with Crippen molar-refractivity contribution in [2.24, 2.45) is 0 Å². The van der Waals surface area contributed by atoms with Gasteiger partial charge in [0.15, 0.2) is 5.00 Å². The molecule has 0 fully saturated rings. The Morgan fingerprint density at radius 3 is 2.85 bits per heavy atom. The van der Waals surface area contributed by atoms with Gasteiger partial charge in [-0.3, -0.25) is 15.1 Å². The van der Waals surface area contributed by atoms with Crippen LogP contribution in [0.25, 0.3) is 0 Å². The average Bonchev–Trinajstić information content (AvgIpc) is 2.85. The molecule has 2 heterocycles. The summed E-state index contributed by atoms with van der Waals surface area (Å²) in [4.78, 5) is 17.2. The Bertz CT molecular complexity index is 598. The molecule has 2 aromatic heterocycles. The number of aromatic nitrogens is 1. The van der Waals surface area contributed by atoms with Crippen molar-refractivity contribution in [2.75, 3.05) is 11.9 Å². The van der Waals surface area contributed by atoms with Crippen LogP contribution >= 0.6 is 11.3 Å². The highest BCUT2D eigenvalue weighted by molar-refractivity contribution is 7.16. The number of aliphatic hydroxyl groups excluding tert-OH is 1. The van der Waals surface area contributed by atoms with E-state index < -0.39 is 11.0 Å². The number of anilines is 1. The van der Waals surface area contributed by atoms with Gasteiger partial charge in [-0.1, -0.05) is 6.07 Å². The van der Waals surface area contributed by atoms with Crippen LogP contribution in [-0.2, 0) is 6.54 Å². The smallest absolute Gasteiger partial charge is 0.304 e. The molecule has 0 aliphatic rings. The predicted molar refractivity (Wildman–Crippen MR) is 78.0 cm³/mol. The van der Waals surface area contributed by atoms with E-state index in [2.05, 4.69) is 4.98 Å². The quantitative estimate of drug-likeness (QED) is 0.677. The summed E-state index contributed by atoms with van der Waals surface area (Å²) >= 11 is 1.23. The van der Waals surface area contributed by atoms with Crippen molar-refractivity contribution < 1.29 is 10.0 Å². The highest BCUT2D eigenvalue weighted by atomic mass is 32.1. The van der Waals surface area contributed by atoms with Crippen molar-refractivity contribution in [2.45, 2.75) is 19.6 Å². The van der Waals surface area contributed by atoms with E-state index in [1.165, 1.54) is 17.4 Å². The lowest BCUT2D eigenvalue weighted by atomic mass is 10.3. The Kier molecular flexibility index (Phi) is 4.31. The molecule has 2 rings (SSSR count). The molecule has 0 bridgehead atoms. The van der Waals surface area contributed by atoms with Crippen molar-refractivity contribution >= 4 is 22.0 Å². The predicted octanol–water partition coefficient (Wildman–Crippen LogP) is 2.74. The number of nitro groups is 1. The van der Waals surface area contributed by atoms with E-state index in [1.807, 2.05) is 18.2 Å². The standard InChI is InChI=1S/C13H15N3O3S/c1-9(17)12-7-11(16(18)19)13(20-12)15(2)8-10-5-3-4-6-14-10/h3-7,9,17H,8H2,1-2H3/t9-/m0/s1. The van der Waals surface area contributed by atoms with Gasteiger partial charge >= 0.3 is 5.69 Å². The topological polar surface area (TPSA) is 79.5 Å². The number of aliphatic hydroxyl groups is 1. The van der Waals surface area contributed by atoms with Crippen LogP contribution in [0.1, 0.15) is 23.6 Å². The van der Waals surface area contributed by atoms with Gasteiger partial charge in [-0.05, 0) is 19.1 Å². The third kappa shape index (κ3) is 3.12. The van der Waals surface area contributed by atoms with Crippen molar-refractivity contribution in [1.82, 2.24) is 4.98 Å². The number of pyridine rings is 1. The normalized spacial score (nSPS) is 12.2. The molecular weight excluding hydrogens is 278 g/mol. The van der Waals surface area contributed by atoms with E-state index in [4.69, 9.17) is 0 Å². The SMILES string of the molecule is C[C@H](O)c1cc([N+](=O)[O-])c(N(C)Cc2ccccn2)s1. The molecule has 0 aliphatic heterocycles. The monoisotopic (exact) mass is 293 g/mol. The summed E-state index contributed by atoms with van der Waals surface area (Å²) in [5.41, 5.74) is 0.848. The molecule has 0 aromatic carbocycles. The maximum Gasteiger partial charge on any atom is 0.304 e. The van der Waals surface area contributed by atoms with Crippen LogP contribution < -0.4 is 4.90 Å². The van der Waals surface area contributed by atoms with E-state index in [0.717, 1.165) is 5.69 Å². The summed E-state index contributed by atoms with van der Waals surface area (Å²) in [6.45, 7) is 2.07. The van der Waals surface area contributed by atoms with E-state index in [-0.39, 0.29) is 5.69 Å². The van der Waals surface area contributed by atoms with Gasteiger partial charge in [0.1, 0.15) is 0 Å². The fourth-order valence-electron chi connectivity index (χ4n) is 1.81. The van der Waals surface area contributed by atoms with Gasteiger partial charge < -0.3 is 10.0 Å². The molecule has 0 amide bonds. The van der Waals surface area contributed by atoms with Gasteiger partial charge in [0, 0.05) is 24.2 Å². The second-order valence-corrected chi connectivity index (χ2v) is 5.51. The van der Waals surface area contributed by atoms with E-state index in [9.17, 15) is 15.2 Å². The summed E-state index contributed by atoms with van der Waals surface area (Å²) in [7, 11) is 1.78. The van der Waals surface area contributed by atoms with Gasteiger partial charge in [-0.25, -0.2) is 0 Å². The van der Waals surface area contributed by atoms with Crippen molar-refractivity contribution in [3.05, 3.63) is 51.1 Å². The van der Waals surface area contributed by atoms with Crippen LogP contribution in [0.3, 0.4) is 0 Å². The highest BCUT2D eigenvalue weighted by Crippen LogP contribution is 2.39. The van der Waals surface area contributed by atoms with E-state index in [1.54, 1.807) is 25.1 Å². The molecule has 106 valence electrons. The summed E-state index contributed by atoms with van der Waals surface area (Å²) in [6, 6.07) is 6.99. The first kappa shape index (κ1) is 14.4. The Labute approximate surface area is 120 Å². The molecular formula is C13H15N3O3S. The van der Waals surface area contributed by atoms with E-state index >= 15 is 0 Å². The third-order valence-electron chi connectivity index (χ3n) is 2.79. The Morgan fingerprint density at radius 1 is 1.55 bits per heavy atom. The molecule has 0 saturated carbocycles. The summed E-state index contributed by atoms with van der Waals surface area (Å²) in [5.74, 6) is 0. The Hall–Kier alpha value is -1.99. The zero-order valence-corrected chi connectivity index (χ0v) is 12.0. The van der Waals surface area contributed by atoms with Crippen LogP contribution in [0, 0.1) is 10.1 Å². The Balaban J connectivity index is 2.28. The average molecular weight is 293 g/mol. The van der Waals surface area contributed by atoms with Gasteiger partial charge in [-0.2, -0.15) is 0 Å². The summed E-state index contributed by atoms with van der Waals surface area (Å²) < 4.78 is 0. The van der Waals surface area contributed by atoms with Crippen LogP contribution in [0.5, 0.6) is 0 Å². The maximum absolute atomic E-state index is 11.1.